The molecule has 1 aromatic carbocycles. The van der Waals surface area contributed by atoms with Crippen LogP contribution in [0.15, 0.2) is 24.3 Å². The van der Waals surface area contributed by atoms with Crippen molar-refractivity contribution in [3.05, 3.63) is 30.1 Å². The first kappa shape index (κ1) is 13.3. The zero-order chi connectivity index (χ0) is 14.1. The molecular formula is C18H25N3. The lowest BCUT2D eigenvalue weighted by Gasteiger charge is -2.39. The number of likely N-dealkylation sites (tertiary alicyclic amines) is 1. The van der Waals surface area contributed by atoms with Crippen molar-refractivity contribution in [3.8, 4) is 0 Å². The first-order chi connectivity index (χ1) is 10.4. The summed E-state index contributed by atoms with van der Waals surface area (Å²) in [5, 5.41) is 0. The van der Waals surface area contributed by atoms with Gasteiger partial charge < -0.3 is 4.98 Å². The Morgan fingerprint density at radius 3 is 2.71 bits per heavy atom. The monoisotopic (exact) mass is 283 g/mol. The quantitative estimate of drug-likeness (QED) is 0.900. The Labute approximate surface area is 126 Å². The molecule has 3 nitrogen and oxygen atoms in total. The first-order valence-corrected chi connectivity index (χ1v) is 8.59. The molecule has 4 rings (SSSR count). The maximum absolute atomic E-state index is 4.83. The molecule has 1 aromatic heterocycles. The van der Waals surface area contributed by atoms with Crippen LogP contribution in [0.3, 0.4) is 0 Å². The number of piperidine rings is 1. The number of benzene rings is 1. The van der Waals surface area contributed by atoms with Crippen LogP contribution in [-0.2, 0) is 0 Å². The Morgan fingerprint density at radius 1 is 1.00 bits per heavy atom. The molecule has 1 atom stereocenters. The summed E-state index contributed by atoms with van der Waals surface area (Å²) in [5.41, 5.74) is 2.30. The molecule has 2 aromatic rings. The molecule has 1 N–H and O–H groups in total. The number of nitrogens with one attached hydrogen (secondary N) is 1. The van der Waals surface area contributed by atoms with Crippen molar-refractivity contribution in [1.82, 2.24) is 14.9 Å². The Kier molecular flexibility index (Phi) is 3.68. The largest absolute Gasteiger partial charge is 0.342 e. The summed E-state index contributed by atoms with van der Waals surface area (Å²) in [7, 11) is 0. The number of fused-ring (bicyclic) bond motifs is 1. The van der Waals surface area contributed by atoms with E-state index in [1.807, 2.05) is 0 Å². The predicted octanol–water partition coefficient (Wildman–Crippen LogP) is 4.08. The van der Waals surface area contributed by atoms with Crippen molar-refractivity contribution in [1.29, 1.82) is 0 Å². The molecule has 112 valence electrons. The van der Waals surface area contributed by atoms with Gasteiger partial charge in [0.25, 0.3) is 0 Å². The van der Waals surface area contributed by atoms with Crippen molar-refractivity contribution in [3.63, 3.8) is 0 Å². The molecule has 1 aliphatic heterocycles. The van der Waals surface area contributed by atoms with Gasteiger partial charge in [0.15, 0.2) is 0 Å². The number of rotatable bonds is 2. The number of para-hydroxylation sites is 2. The topological polar surface area (TPSA) is 31.9 Å². The van der Waals surface area contributed by atoms with Gasteiger partial charge in [-0.1, -0.05) is 31.4 Å². The van der Waals surface area contributed by atoms with Gasteiger partial charge in [0, 0.05) is 18.5 Å². The second kappa shape index (κ2) is 5.80. The third-order valence-corrected chi connectivity index (χ3v) is 5.34. The molecule has 2 fully saturated rings. The van der Waals surface area contributed by atoms with E-state index in [2.05, 4.69) is 34.1 Å². The first-order valence-electron chi connectivity index (χ1n) is 8.59. The van der Waals surface area contributed by atoms with E-state index < -0.39 is 0 Å². The van der Waals surface area contributed by atoms with Crippen LogP contribution in [0.2, 0.25) is 0 Å². The predicted molar refractivity (Wildman–Crippen MR) is 86.5 cm³/mol. The second-order valence-corrected chi connectivity index (χ2v) is 6.77. The lowest BCUT2D eigenvalue weighted by Crippen LogP contribution is -2.43. The molecule has 0 bridgehead atoms. The van der Waals surface area contributed by atoms with Crippen molar-refractivity contribution in [2.45, 2.75) is 56.9 Å². The highest BCUT2D eigenvalue weighted by Crippen LogP contribution is 2.31. The number of aromatic amines is 1. The highest BCUT2D eigenvalue weighted by molar-refractivity contribution is 5.74. The molecular weight excluding hydrogens is 258 g/mol. The minimum Gasteiger partial charge on any atom is -0.342 e. The molecule has 2 heterocycles. The Bertz CT molecular complexity index is 564. The average Bonchev–Trinajstić information content (AvgIpc) is 3.00. The summed E-state index contributed by atoms with van der Waals surface area (Å²) in [6, 6.07) is 9.23. The Balaban J connectivity index is 1.51. The van der Waals surface area contributed by atoms with Gasteiger partial charge in [0.2, 0.25) is 0 Å². The fourth-order valence-electron chi connectivity index (χ4n) is 4.17. The van der Waals surface area contributed by atoms with Gasteiger partial charge in [0.05, 0.1) is 11.0 Å². The van der Waals surface area contributed by atoms with Gasteiger partial charge >= 0.3 is 0 Å². The number of hydrogen-bond acceptors (Lipinski definition) is 2. The Morgan fingerprint density at radius 2 is 1.86 bits per heavy atom. The summed E-state index contributed by atoms with van der Waals surface area (Å²) in [6.07, 6.45) is 9.71. The van der Waals surface area contributed by atoms with Gasteiger partial charge in [-0.25, -0.2) is 4.98 Å². The van der Waals surface area contributed by atoms with E-state index in [1.165, 1.54) is 69.4 Å². The van der Waals surface area contributed by atoms with E-state index in [-0.39, 0.29) is 0 Å². The highest BCUT2D eigenvalue weighted by Gasteiger charge is 2.28. The fraction of sp³-hybridized carbons (Fsp3) is 0.611. The van der Waals surface area contributed by atoms with E-state index in [0.29, 0.717) is 5.92 Å². The van der Waals surface area contributed by atoms with E-state index in [9.17, 15) is 0 Å². The van der Waals surface area contributed by atoms with Crippen molar-refractivity contribution < 1.29 is 0 Å². The molecule has 0 amide bonds. The zero-order valence-electron chi connectivity index (χ0n) is 12.7. The molecule has 3 heteroatoms. The van der Waals surface area contributed by atoms with Crippen molar-refractivity contribution in [2.75, 3.05) is 13.1 Å². The summed E-state index contributed by atoms with van der Waals surface area (Å²) in [6.45, 7) is 2.49. The second-order valence-electron chi connectivity index (χ2n) is 6.77. The average molecular weight is 283 g/mol. The molecule has 21 heavy (non-hydrogen) atoms. The van der Waals surface area contributed by atoms with E-state index in [4.69, 9.17) is 4.98 Å². The van der Waals surface area contributed by atoms with Crippen LogP contribution in [0, 0.1) is 0 Å². The maximum Gasteiger partial charge on any atom is 0.111 e. The molecule has 2 aliphatic rings. The third kappa shape index (κ3) is 2.71. The maximum atomic E-state index is 4.83. The van der Waals surface area contributed by atoms with Gasteiger partial charge in [-0.2, -0.15) is 0 Å². The van der Waals surface area contributed by atoms with Gasteiger partial charge in [-0.3, -0.25) is 4.90 Å². The summed E-state index contributed by atoms with van der Waals surface area (Å²) >= 11 is 0. The van der Waals surface area contributed by atoms with Gasteiger partial charge in [-0.15, -0.1) is 0 Å². The summed E-state index contributed by atoms with van der Waals surface area (Å²) in [4.78, 5) is 11.1. The van der Waals surface area contributed by atoms with Gasteiger partial charge in [0.1, 0.15) is 5.82 Å². The van der Waals surface area contributed by atoms with Crippen LogP contribution in [0.5, 0.6) is 0 Å². The number of imidazole rings is 1. The lowest BCUT2D eigenvalue weighted by atomic mass is 9.90. The van der Waals surface area contributed by atoms with Crippen molar-refractivity contribution in [2.24, 2.45) is 0 Å². The smallest absolute Gasteiger partial charge is 0.111 e. The van der Waals surface area contributed by atoms with E-state index >= 15 is 0 Å². The SMILES string of the molecule is c1ccc2[nH]c(C3CCCN(C4CCCCC4)C3)nc2c1. The molecule has 0 spiro atoms. The third-order valence-electron chi connectivity index (χ3n) is 5.34. The summed E-state index contributed by atoms with van der Waals surface area (Å²) in [5.74, 6) is 1.80. The normalized spacial score (nSPS) is 25.4. The Hall–Kier alpha value is -1.35. The number of aromatic nitrogens is 2. The molecule has 1 aliphatic carbocycles. The van der Waals surface area contributed by atoms with E-state index in [0.717, 1.165) is 11.6 Å². The molecule has 1 saturated heterocycles. The van der Waals surface area contributed by atoms with Crippen molar-refractivity contribution >= 4 is 11.0 Å². The minimum atomic E-state index is 0.591. The van der Waals surface area contributed by atoms with Crippen LogP contribution >= 0.6 is 0 Å². The van der Waals surface area contributed by atoms with Gasteiger partial charge in [-0.05, 0) is 44.4 Å². The lowest BCUT2D eigenvalue weighted by molar-refractivity contribution is 0.117. The number of hydrogen-bond donors (Lipinski definition) is 1. The molecule has 0 radical (unpaired) electrons. The van der Waals surface area contributed by atoms with E-state index in [1.54, 1.807) is 0 Å². The number of H-pyrrole nitrogens is 1. The standard InChI is InChI=1S/C18H25N3/c1-2-8-15(9-3-1)21-12-6-7-14(13-21)18-19-16-10-4-5-11-17(16)20-18/h4-5,10-11,14-15H,1-3,6-9,12-13H2,(H,19,20). The van der Waals surface area contributed by atoms with Crippen LogP contribution < -0.4 is 0 Å². The molecule has 1 unspecified atom stereocenters. The van der Waals surface area contributed by atoms with Crippen LogP contribution in [0.25, 0.3) is 11.0 Å². The van der Waals surface area contributed by atoms with Crippen LogP contribution in [-0.4, -0.2) is 34.0 Å². The fourth-order valence-corrected chi connectivity index (χ4v) is 4.17. The highest BCUT2D eigenvalue weighted by atomic mass is 15.2. The van der Waals surface area contributed by atoms with Crippen LogP contribution in [0.4, 0.5) is 0 Å². The molecule has 1 saturated carbocycles. The minimum absolute atomic E-state index is 0.591. The van der Waals surface area contributed by atoms with Crippen LogP contribution in [0.1, 0.15) is 56.7 Å². The zero-order valence-corrected chi connectivity index (χ0v) is 12.7. The number of nitrogens with zero attached hydrogens (tertiary/aromatic N) is 2. The summed E-state index contributed by atoms with van der Waals surface area (Å²) < 4.78 is 0.